The summed E-state index contributed by atoms with van der Waals surface area (Å²) in [6.45, 7) is 4.06. The first-order chi connectivity index (χ1) is 10.7. The number of hydrogen-bond donors (Lipinski definition) is 0. The molecule has 3 rings (SSSR count). The molecule has 4 nitrogen and oxygen atoms in total. The van der Waals surface area contributed by atoms with Gasteiger partial charge in [-0.25, -0.2) is 9.67 Å². The van der Waals surface area contributed by atoms with Crippen LogP contribution in [0.3, 0.4) is 0 Å². The minimum Gasteiger partial charge on any atom is -0.237 e. The maximum atomic E-state index is 8.72. The number of nitriles is 1. The normalized spacial score (nSPS) is 10.4. The highest BCUT2D eigenvalue weighted by Gasteiger charge is 2.14. The zero-order chi connectivity index (χ0) is 15.5. The maximum absolute atomic E-state index is 8.72. The summed E-state index contributed by atoms with van der Waals surface area (Å²) in [7, 11) is 0. The Balaban J connectivity index is 2.05. The Morgan fingerprint density at radius 1 is 1.09 bits per heavy atom. The molecule has 0 bridgehead atoms. The number of pyridine rings is 1. The van der Waals surface area contributed by atoms with Crippen LogP contribution in [0.25, 0.3) is 16.9 Å². The van der Waals surface area contributed by atoms with E-state index in [1.165, 1.54) is 0 Å². The average molecular weight is 288 g/mol. The van der Waals surface area contributed by atoms with Gasteiger partial charge in [0.25, 0.3) is 0 Å². The molecule has 3 aromatic rings. The van der Waals surface area contributed by atoms with E-state index in [4.69, 9.17) is 5.26 Å². The van der Waals surface area contributed by atoms with Gasteiger partial charge in [-0.05, 0) is 31.0 Å². The molecule has 108 valence electrons. The van der Waals surface area contributed by atoms with Crippen LogP contribution in [0.5, 0.6) is 0 Å². The minimum atomic E-state index is 0.375. The Bertz CT molecular complexity index is 824. The highest BCUT2D eigenvalue weighted by atomic mass is 15.3. The van der Waals surface area contributed by atoms with E-state index in [1.807, 2.05) is 48.9 Å². The second-order valence-electron chi connectivity index (χ2n) is 5.18. The molecule has 0 saturated carbocycles. The molecule has 2 heterocycles. The lowest BCUT2D eigenvalue weighted by atomic mass is 10.0. The Kier molecular flexibility index (Phi) is 3.71. The van der Waals surface area contributed by atoms with Crippen LogP contribution in [0.1, 0.15) is 17.0 Å². The van der Waals surface area contributed by atoms with Gasteiger partial charge in [-0.1, -0.05) is 36.4 Å². The van der Waals surface area contributed by atoms with Gasteiger partial charge in [0.15, 0.2) is 5.82 Å². The number of hydrogen-bond acceptors (Lipinski definition) is 3. The van der Waals surface area contributed by atoms with Crippen molar-refractivity contribution in [2.75, 3.05) is 0 Å². The van der Waals surface area contributed by atoms with Crippen LogP contribution in [-0.4, -0.2) is 14.8 Å². The topological polar surface area (TPSA) is 54.5 Å². The molecule has 0 spiro atoms. The maximum Gasteiger partial charge on any atom is 0.153 e. The monoisotopic (exact) mass is 288 g/mol. The molecular weight excluding hydrogens is 272 g/mol. The van der Waals surface area contributed by atoms with Gasteiger partial charge in [0.1, 0.15) is 0 Å². The quantitative estimate of drug-likeness (QED) is 0.739. The van der Waals surface area contributed by atoms with E-state index in [9.17, 15) is 0 Å². The zero-order valence-corrected chi connectivity index (χ0v) is 12.6. The molecule has 0 unspecified atom stereocenters. The minimum absolute atomic E-state index is 0.375. The van der Waals surface area contributed by atoms with Crippen molar-refractivity contribution in [3.63, 3.8) is 0 Å². The lowest BCUT2D eigenvalue weighted by Gasteiger charge is -2.05. The molecule has 0 saturated heterocycles. The van der Waals surface area contributed by atoms with Crippen molar-refractivity contribution in [2.24, 2.45) is 0 Å². The van der Waals surface area contributed by atoms with Crippen molar-refractivity contribution in [3.05, 3.63) is 65.6 Å². The fourth-order valence-corrected chi connectivity index (χ4v) is 2.63. The van der Waals surface area contributed by atoms with Gasteiger partial charge in [-0.2, -0.15) is 10.4 Å². The van der Waals surface area contributed by atoms with Crippen LogP contribution in [0.4, 0.5) is 0 Å². The van der Waals surface area contributed by atoms with E-state index >= 15 is 0 Å². The largest absolute Gasteiger partial charge is 0.237 e. The molecule has 0 amide bonds. The smallest absolute Gasteiger partial charge is 0.153 e. The number of aryl methyl sites for hydroxylation is 1. The highest BCUT2D eigenvalue weighted by molar-refractivity contribution is 5.69. The van der Waals surface area contributed by atoms with Gasteiger partial charge < -0.3 is 0 Å². The molecule has 0 aliphatic carbocycles. The van der Waals surface area contributed by atoms with Crippen LogP contribution in [0.15, 0.2) is 48.7 Å². The van der Waals surface area contributed by atoms with E-state index in [0.29, 0.717) is 6.42 Å². The summed E-state index contributed by atoms with van der Waals surface area (Å²) < 4.78 is 1.85. The summed E-state index contributed by atoms with van der Waals surface area (Å²) in [6.07, 6.45) is 2.11. The first kappa shape index (κ1) is 14.0. The molecule has 0 radical (unpaired) electrons. The van der Waals surface area contributed by atoms with Crippen molar-refractivity contribution in [1.82, 2.24) is 14.8 Å². The van der Waals surface area contributed by atoms with Crippen LogP contribution in [0.2, 0.25) is 0 Å². The van der Waals surface area contributed by atoms with Gasteiger partial charge >= 0.3 is 0 Å². The van der Waals surface area contributed by atoms with E-state index in [-0.39, 0.29) is 0 Å². The van der Waals surface area contributed by atoms with E-state index < -0.39 is 0 Å². The lowest BCUT2D eigenvalue weighted by molar-refractivity contribution is 0.804. The second kappa shape index (κ2) is 5.82. The zero-order valence-electron chi connectivity index (χ0n) is 12.6. The molecule has 0 fully saturated rings. The summed E-state index contributed by atoms with van der Waals surface area (Å²) in [5.41, 5.74) is 5.25. The van der Waals surface area contributed by atoms with Crippen LogP contribution >= 0.6 is 0 Å². The Morgan fingerprint density at radius 3 is 2.50 bits per heavy atom. The van der Waals surface area contributed by atoms with Crippen molar-refractivity contribution in [2.45, 2.75) is 20.3 Å². The molecule has 0 aliphatic heterocycles. The molecular formula is C18H16N4. The SMILES string of the molecule is Cc1nn(-c2ccc(CC#N)cn2)c(C)c1-c1ccccc1. The Morgan fingerprint density at radius 2 is 1.86 bits per heavy atom. The van der Waals surface area contributed by atoms with Crippen molar-refractivity contribution in [3.8, 4) is 23.0 Å². The summed E-state index contributed by atoms with van der Waals surface area (Å²) in [5.74, 6) is 0.768. The van der Waals surface area contributed by atoms with Crippen LogP contribution in [-0.2, 0) is 6.42 Å². The van der Waals surface area contributed by atoms with E-state index in [0.717, 1.165) is 33.9 Å². The predicted molar refractivity (Wildman–Crippen MR) is 85.6 cm³/mol. The first-order valence-electron chi connectivity index (χ1n) is 7.14. The van der Waals surface area contributed by atoms with Crippen molar-refractivity contribution >= 4 is 0 Å². The molecule has 4 heteroatoms. The number of rotatable bonds is 3. The highest BCUT2D eigenvalue weighted by Crippen LogP contribution is 2.27. The van der Waals surface area contributed by atoms with Crippen molar-refractivity contribution < 1.29 is 0 Å². The standard InChI is InChI=1S/C18H16N4/c1-13-18(16-6-4-3-5-7-16)14(2)22(21-13)17-9-8-15(10-11-19)12-20-17/h3-9,12H,10H2,1-2H3. The van der Waals surface area contributed by atoms with Crippen molar-refractivity contribution in [1.29, 1.82) is 5.26 Å². The first-order valence-corrected chi connectivity index (χ1v) is 7.14. The van der Waals surface area contributed by atoms with Gasteiger partial charge in [-0.3, -0.25) is 0 Å². The van der Waals surface area contributed by atoms with Crippen LogP contribution < -0.4 is 0 Å². The predicted octanol–water partition coefficient (Wildman–Crippen LogP) is 3.62. The molecule has 2 aromatic heterocycles. The summed E-state index contributed by atoms with van der Waals surface area (Å²) in [6, 6.07) is 16.2. The molecule has 1 aromatic carbocycles. The number of nitrogens with zero attached hydrogens (tertiary/aromatic N) is 4. The van der Waals surface area contributed by atoms with Gasteiger partial charge in [0.2, 0.25) is 0 Å². The summed E-state index contributed by atoms with van der Waals surface area (Å²) >= 11 is 0. The van der Waals surface area contributed by atoms with E-state index in [1.54, 1.807) is 6.20 Å². The van der Waals surface area contributed by atoms with Crippen LogP contribution in [0, 0.1) is 25.2 Å². The van der Waals surface area contributed by atoms with E-state index in [2.05, 4.69) is 28.3 Å². The average Bonchev–Trinajstić information content (AvgIpc) is 2.84. The fourth-order valence-electron chi connectivity index (χ4n) is 2.63. The lowest BCUT2D eigenvalue weighted by Crippen LogP contribution is -2.02. The third-order valence-electron chi connectivity index (χ3n) is 3.66. The third kappa shape index (κ3) is 2.49. The summed E-state index contributed by atoms with van der Waals surface area (Å²) in [4.78, 5) is 4.43. The molecule has 0 aliphatic rings. The molecule has 0 N–H and O–H groups in total. The second-order valence-corrected chi connectivity index (χ2v) is 5.18. The summed E-state index contributed by atoms with van der Waals surface area (Å²) in [5, 5.41) is 13.3. The van der Waals surface area contributed by atoms with Gasteiger partial charge in [-0.15, -0.1) is 0 Å². The third-order valence-corrected chi connectivity index (χ3v) is 3.66. The fraction of sp³-hybridized carbons (Fsp3) is 0.167. The number of benzene rings is 1. The Labute approximate surface area is 129 Å². The number of aromatic nitrogens is 3. The van der Waals surface area contributed by atoms with Gasteiger partial charge in [0.05, 0.1) is 23.9 Å². The molecule has 22 heavy (non-hydrogen) atoms. The van der Waals surface area contributed by atoms with Gasteiger partial charge in [0, 0.05) is 11.8 Å². The Hall–Kier alpha value is -2.93. The molecule has 0 atom stereocenters.